The van der Waals surface area contributed by atoms with E-state index in [0.29, 0.717) is 32.6 Å². The third-order valence-corrected chi connectivity index (χ3v) is 4.00. The normalized spacial score (nSPS) is 15.2. The second-order valence-electron chi connectivity index (χ2n) is 5.55. The average molecular weight is 328 g/mol. The molecule has 2 rings (SSSR count). The maximum absolute atomic E-state index is 12.1. The van der Waals surface area contributed by atoms with Gasteiger partial charge in [0.05, 0.1) is 7.11 Å². The molecule has 0 aliphatic carbocycles. The Morgan fingerprint density at radius 2 is 1.67 bits per heavy atom. The molecule has 0 spiro atoms. The van der Waals surface area contributed by atoms with Gasteiger partial charge in [0.15, 0.2) is 0 Å². The number of carbonyl (C=O) groups excluding carboxylic acids is 2. The largest absolute Gasteiger partial charge is 0.497 e. The van der Waals surface area contributed by atoms with Crippen molar-refractivity contribution in [3.8, 4) is 5.75 Å². The molecular weight excluding hydrogens is 304 g/mol. The monoisotopic (exact) mass is 328 g/mol. The molecule has 0 unspecified atom stereocenters. The molecule has 1 aliphatic heterocycles. The summed E-state index contributed by atoms with van der Waals surface area (Å²) in [6, 6.07) is 7.70. The number of benzene rings is 1. The van der Waals surface area contributed by atoms with Crippen molar-refractivity contribution in [1.29, 1.82) is 0 Å². The lowest BCUT2D eigenvalue weighted by molar-refractivity contribution is -0.137. The zero-order chi connectivity index (χ0) is 17.4. The van der Waals surface area contributed by atoms with E-state index in [1.807, 2.05) is 48.2 Å². The molecule has 1 saturated heterocycles. The quantitative estimate of drug-likeness (QED) is 0.616. The summed E-state index contributed by atoms with van der Waals surface area (Å²) in [7, 11) is 1.64. The second-order valence-corrected chi connectivity index (χ2v) is 5.55. The topological polar surface area (TPSA) is 49.9 Å². The molecule has 5 heteroatoms. The number of amides is 2. The Morgan fingerprint density at radius 3 is 2.25 bits per heavy atom. The smallest absolute Gasteiger partial charge is 0.246 e. The summed E-state index contributed by atoms with van der Waals surface area (Å²) in [6.45, 7) is 4.29. The molecule has 5 nitrogen and oxygen atoms in total. The summed E-state index contributed by atoms with van der Waals surface area (Å²) in [6.07, 6.45) is 7.61. The highest BCUT2D eigenvalue weighted by molar-refractivity contribution is 5.88. The van der Waals surface area contributed by atoms with Gasteiger partial charge in [-0.1, -0.05) is 37.3 Å². The van der Waals surface area contributed by atoms with Crippen LogP contribution in [0.5, 0.6) is 5.75 Å². The number of carbonyl (C=O) groups is 2. The molecule has 1 fully saturated rings. The van der Waals surface area contributed by atoms with E-state index in [-0.39, 0.29) is 11.8 Å². The van der Waals surface area contributed by atoms with Crippen molar-refractivity contribution >= 4 is 17.9 Å². The highest BCUT2D eigenvalue weighted by Gasteiger charge is 2.21. The maximum atomic E-state index is 12.1. The van der Waals surface area contributed by atoms with Crippen molar-refractivity contribution < 1.29 is 14.3 Å². The first-order valence-corrected chi connectivity index (χ1v) is 8.19. The van der Waals surface area contributed by atoms with E-state index in [0.717, 1.165) is 11.3 Å². The van der Waals surface area contributed by atoms with Gasteiger partial charge in [-0.25, -0.2) is 0 Å². The van der Waals surface area contributed by atoms with Crippen molar-refractivity contribution in [2.45, 2.75) is 13.3 Å². The van der Waals surface area contributed by atoms with Gasteiger partial charge in [0, 0.05) is 38.7 Å². The van der Waals surface area contributed by atoms with E-state index in [9.17, 15) is 9.59 Å². The van der Waals surface area contributed by atoms with Crippen LogP contribution in [0.2, 0.25) is 0 Å². The Kier molecular flexibility index (Phi) is 6.61. The summed E-state index contributed by atoms with van der Waals surface area (Å²) in [5, 5.41) is 0. The lowest BCUT2D eigenvalue weighted by Gasteiger charge is -2.34. The minimum absolute atomic E-state index is 0.0158. The first-order valence-electron chi connectivity index (χ1n) is 8.19. The number of hydrogen-bond donors (Lipinski definition) is 0. The molecule has 1 aromatic rings. The Balaban J connectivity index is 1.80. The fourth-order valence-electron chi connectivity index (χ4n) is 2.52. The molecule has 0 bridgehead atoms. The number of hydrogen-bond acceptors (Lipinski definition) is 3. The predicted molar refractivity (Wildman–Crippen MR) is 94.6 cm³/mol. The third kappa shape index (κ3) is 4.98. The van der Waals surface area contributed by atoms with Crippen LogP contribution in [0, 0.1) is 0 Å². The molecule has 0 N–H and O–H groups in total. The molecule has 0 aromatic heterocycles. The van der Waals surface area contributed by atoms with E-state index in [4.69, 9.17) is 4.74 Å². The van der Waals surface area contributed by atoms with Crippen molar-refractivity contribution in [2.75, 3.05) is 33.3 Å². The Bertz CT molecular complexity index is 612. The molecule has 2 amide bonds. The maximum Gasteiger partial charge on any atom is 0.246 e. The number of piperazine rings is 1. The van der Waals surface area contributed by atoms with Gasteiger partial charge in [0.2, 0.25) is 11.8 Å². The van der Waals surface area contributed by atoms with E-state index in [1.54, 1.807) is 24.2 Å². The summed E-state index contributed by atoms with van der Waals surface area (Å²) in [5.74, 6) is 0.955. The number of allylic oxidation sites excluding steroid dienone is 2. The molecule has 1 aliphatic rings. The zero-order valence-electron chi connectivity index (χ0n) is 14.3. The van der Waals surface area contributed by atoms with Crippen LogP contribution in [-0.2, 0) is 9.59 Å². The highest BCUT2D eigenvalue weighted by Crippen LogP contribution is 2.12. The van der Waals surface area contributed by atoms with Crippen molar-refractivity contribution in [3.05, 3.63) is 48.1 Å². The van der Waals surface area contributed by atoms with Crippen LogP contribution >= 0.6 is 0 Å². The van der Waals surface area contributed by atoms with Crippen LogP contribution in [0.4, 0.5) is 0 Å². The Morgan fingerprint density at radius 1 is 1.04 bits per heavy atom. The van der Waals surface area contributed by atoms with Gasteiger partial charge in [-0.3, -0.25) is 9.59 Å². The third-order valence-electron chi connectivity index (χ3n) is 4.00. The summed E-state index contributed by atoms with van der Waals surface area (Å²) in [4.78, 5) is 27.3. The summed E-state index contributed by atoms with van der Waals surface area (Å²) >= 11 is 0. The lowest BCUT2D eigenvalue weighted by atomic mass is 10.2. The van der Waals surface area contributed by atoms with Gasteiger partial charge < -0.3 is 14.5 Å². The summed E-state index contributed by atoms with van der Waals surface area (Å²) in [5.41, 5.74) is 1.04. The van der Waals surface area contributed by atoms with Crippen LogP contribution < -0.4 is 4.74 Å². The van der Waals surface area contributed by atoms with E-state index < -0.39 is 0 Å². The predicted octanol–water partition coefficient (Wildman–Crippen LogP) is 2.35. The second kappa shape index (κ2) is 8.91. The molecule has 0 atom stereocenters. The van der Waals surface area contributed by atoms with E-state index in [2.05, 4.69) is 0 Å². The first kappa shape index (κ1) is 17.8. The van der Waals surface area contributed by atoms with Crippen LogP contribution in [0.15, 0.2) is 42.5 Å². The average Bonchev–Trinajstić information content (AvgIpc) is 2.65. The van der Waals surface area contributed by atoms with Crippen molar-refractivity contribution in [2.24, 2.45) is 0 Å². The fraction of sp³-hybridized carbons (Fsp3) is 0.368. The summed E-state index contributed by atoms with van der Waals surface area (Å²) < 4.78 is 5.11. The lowest BCUT2D eigenvalue weighted by Crippen LogP contribution is -2.50. The Labute approximate surface area is 143 Å². The molecule has 1 heterocycles. The first-order chi connectivity index (χ1) is 11.6. The zero-order valence-corrected chi connectivity index (χ0v) is 14.3. The van der Waals surface area contributed by atoms with E-state index >= 15 is 0 Å². The van der Waals surface area contributed by atoms with Gasteiger partial charge in [-0.05, 0) is 17.7 Å². The van der Waals surface area contributed by atoms with Crippen LogP contribution in [0.1, 0.15) is 18.9 Å². The highest BCUT2D eigenvalue weighted by atomic mass is 16.5. The molecular formula is C19H24N2O3. The van der Waals surface area contributed by atoms with Crippen LogP contribution in [-0.4, -0.2) is 54.9 Å². The molecule has 1 aromatic carbocycles. The van der Waals surface area contributed by atoms with Gasteiger partial charge in [0.1, 0.15) is 5.75 Å². The molecule has 24 heavy (non-hydrogen) atoms. The SMILES string of the molecule is CCC(=O)N1CCN(C(=O)/C=C/C=C/c2ccc(OC)cc2)CC1. The minimum Gasteiger partial charge on any atom is -0.497 e. The van der Waals surface area contributed by atoms with Gasteiger partial charge in [-0.15, -0.1) is 0 Å². The van der Waals surface area contributed by atoms with Crippen LogP contribution in [0.3, 0.4) is 0 Å². The molecule has 128 valence electrons. The fourth-order valence-corrected chi connectivity index (χ4v) is 2.52. The standard InChI is InChI=1S/C19H24N2O3/c1-3-18(22)20-12-14-21(15-13-20)19(23)7-5-4-6-16-8-10-17(24-2)11-9-16/h4-11H,3,12-15H2,1-2H3/b6-4+,7-5+. The number of nitrogens with zero attached hydrogens (tertiary/aromatic N) is 2. The molecule has 0 saturated carbocycles. The Hall–Kier alpha value is -2.56. The van der Waals surface area contributed by atoms with Crippen molar-refractivity contribution in [3.63, 3.8) is 0 Å². The van der Waals surface area contributed by atoms with Crippen LogP contribution in [0.25, 0.3) is 6.08 Å². The van der Waals surface area contributed by atoms with Gasteiger partial charge in [-0.2, -0.15) is 0 Å². The van der Waals surface area contributed by atoms with Gasteiger partial charge >= 0.3 is 0 Å². The van der Waals surface area contributed by atoms with Gasteiger partial charge in [0.25, 0.3) is 0 Å². The molecule has 0 radical (unpaired) electrons. The van der Waals surface area contributed by atoms with E-state index in [1.165, 1.54) is 0 Å². The van der Waals surface area contributed by atoms with Crippen molar-refractivity contribution in [1.82, 2.24) is 9.80 Å². The number of ether oxygens (including phenoxy) is 1. The minimum atomic E-state index is -0.0158. The number of rotatable bonds is 5. The number of methoxy groups -OCH3 is 1.